The maximum absolute atomic E-state index is 9.67. The van der Waals surface area contributed by atoms with Crippen LogP contribution in [0.1, 0.15) is 45.4 Å². The summed E-state index contributed by atoms with van der Waals surface area (Å²) >= 11 is 0. The number of rotatable bonds is 4. The lowest BCUT2D eigenvalue weighted by Crippen LogP contribution is -2.48. The lowest BCUT2D eigenvalue weighted by atomic mass is 9.59. The number of hydrogen-bond donors (Lipinski definition) is 1. The van der Waals surface area contributed by atoms with Crippen LogP contribution in [0.2, 0.25) is 0 Å². The molecule has 3 fully saturated rings. The van der Waals surface area contributed by atoms with E-state index in [1.165, 1.54) is 0 Å². The summed E-state index contributed by atoms with van der Waals surface area (Å²) in [6.07, 6.45) is 6.11. The van der Waals surface area contributed by atoms with Gasteiger partial charge < -0.3 is 14.6 Å². The molecular weight excluding hydrogens is 278 g/mol. The summed E-state index contributed by atoms with van der Waals surface area (Å²) in [5.41, 5.74) is 0.988. The predicted octanol–water partition coefficient (Wildman–Crippen LogP) is 3.02. The van der Waals surface area contributed by atoms with Gasteiger partial charge in [0.1, 0.15) is 0 Å². The quantitative estimate of drug-likeness (QED) is 0.811. The van der Waals surface area contributed by atoms with E-state index in [-0.39, 0.29) is 29.8 Å². The van der Waals surface area contributed by atoms with Crippen LogP contribution in [0.4, 0.5) is 0 Å². The summed E-state index contributed by atoms with van der Waals surface area (Å²) in [6, 6.07) is 2.54. The summed E-state index contributed by atoms with van der Waals surface area (Å²) < 4.78 is 12.1. The molecule has 3 rings (SSSR count). The van der Waals surface area contributed by atoms with Crippen LogP contribution in [0.25, 0.3) is 0 Å². The Hall–Kier alpha value is -0.890. The van der Waals surface area contributed by atoms with E-state index >= 15 is 0 Å². The van der Waals surface area contributed by atoms with E-state index in [9.17, 15) is 10.4 Å². The van der Waals surface area contributed by atoms with Crippen molar-refractivity contribution in [2.24, 2.45) is 23.2 Å². The van der Waals surface area contributed by atoms with Crippen molar-refractivity contribution < 1.29 is 14.6 Å². The van der Waals surface area contributed by atoms with Crippen LogP contribution in [-0.4, -0.2) is 30.7 Å². The first-order valence-corrected chi connectivity index (χ1v) is 8.53. The summed E-state index contributed by atoms with van der Waals surface area (Å²) in [4.78, 5) is 0. The van der Waals surface area contributed by atoms with Crippen LogP contribution in [0, 0.1) is 34.5 Å². The highest BCUT2D eigenvalue weighted by atomic mass is 16.7. The van der Waals surface area contributed by atoms with Gasteiger partial charge in [0.05, 0.1) is 31.8 Å². The molecule has 122 valence electrons. The standard InChI is InChI=1S/C18H27NO3/c1-13(14(2)12-20)10-17-5-3-4-15(11-19)16(17)18(7-6-17)21-8-9-22-18/h13,15-16,20H,2-10,12H2,1H3/t13-,15?,16?,17?/m0/s1. The second-order valence-corrected chi connectivity index (χ2v) is 7.40. The molecule has 0 bridgehead atoms. The molecule has 1 heterocycles. The highest BCUT2D eigenvalue weighted by Gasteiger charge is 2.63. The van der Waals surface area contributed by atoms with Crippen molar-refractivity contribution >= 4 is 0 Å². The minimum atomic E-state index is -0.527. The Labute approximate surface area is 133 Å². The molecule has 22 heavy (non-hydrogen) atoms. The Morgan fingerprint density at radius 1 is 1.36 bits per heavy atom. The van der Waals surface area contributed by atoms with Crippen LogP contribution < -0.4 is 0 Å². The molecule has 0 radical (unpaired) electrons. The van der Waals surface area contributed by atoms with E-state index in [0.717, 1.165) is 44.1 Å². The third-order valence-electron chi connectivity index (χ3n) is 6.25. The van der Waals surface area contributed by atoms with Crippen molar-refractivity contribution in [1.82, 2.24) is 0 Å². The first-order valence-electron chi connectivity index (χ1n) is 8.53. The molecule has 3 aliphatic rings. The van der Waals surface area contributed by atoms with E-state index in [2.05, 4.69) is 19.6 Å². The zero-order chi connectivity index (χ0) is 15.8. The van der Waals surface area contributed by atoms with Gasteiger partial charge in [-0.2, -0.15) is 5.26 Å². The minimum Gasteiger partial charge on any atom is -0.392 e. The SMILES string of the molecule is C=C(CO)[C@@H](C)CC12CCCC(C#N)C1C1(CC2)OCCO1. The molecule has 1 N–H and O–H groups in total. The molecule has 0 aromatic carbocycles. The molecule has 0 amide bonds. The highest BCUT2D eigenvalue weighted by molar-refractivity contribution is 5.14. The Bertz CT molecular complexity index is 477. The molecule has 1 aliphatic heterocycles. The number of aliphatic hydroxyl groups excluding tert-OH is 1. The van der Waals surface area contributed by atoms with Crippen molar-refractivity contribution in [3.8, 4) is 6.07 Å². The van der Waals surface area contributed by atoms with Gasteiger partial charge in [-0.15, -0.1) is 0 Å². The fourth-order valence-corrected chi connectivity index (χ4v) is 5.23. The van der Waals surface area contributed by atoms with Gasteiger partial charge in [0.15, 0.2) is 5.79 Å². The minimum absolute atomic E-state index is 0.0175. The van der Waals surface area contributed by atoms with Gasteiger partial charge in [0, 0.05) is 12.3 Å². The molecule has 2 saturated carbocycles. The number of aliphatic hydroxyl groups is 1. The fraction of sp³-hybridized carbons (Fsp3) is 0.833. The molecule has 1 spiro atoms. The van der Waals surface area contributed by atoms with Crippen molar-refractivity contribution in [3.05, 3.63) is 12.2 Å². The first kappa shape index (κ1) is 16.0. The zero-order valence-electron chi connectivity index (χ0n) is 13.5. The van der Waals surface area contributed by atoms with Crippen LogP contribution >= 0.6 is 0 Å². The highest BCUT2D eigenvalue weighted by Crippen LogP contribution is 2.63. The van der Waals surface area contributed by atoms with Gasteiger partial charge in [-0.1, -0.05) is 19.9 Å². The van der Waals surface area contributed by atoms with Crippen molar-refractivity contribution in [1.29, 1.82) is 5.26 Å². The van der Waals surface area contributed by atoms with E-state index in [1.807, 2.05) is 0 Å². The Kier molecular flexibility index (Phi) is 4.33. The number of nitrogens with zero attached hydrogens (tertiary/aromatic N) is 1. The second kappa shape index (κ2) is 5.96. The third kappa shape index (κ3) is 2.40. The topological polar surface area (TPSA) is 62.5 Å². The van der Waals surface area contributed by atoms with Gasteiger partial charge in [0.2, 0.25) is 0 Å². The first-order chi connectivity index (χ1) is 10.6. The Balaban J connectivity index is 1.90. The van der Waals surface area contributed by atoms with Crippen LogP contribution in [0.5, 0.6) is 0 Å². The lowest BCUT2D eigenvalue weighted by molar-refractivity contribution is -0.210. The summed E-state index contributed by atoms with van der Waals surface area (Å²) in [6.45, 7) is 7.47. The average molecular weight is 305 g/mol. The fourth-order valence-electron chi connectivity index (χ4n) is 5.23. The summed E-state index contributed by atoms with van der Waals surface area (Å²) in [5.74, 6) is -0.0817. The Morgan fingerprint density at radius 2 is 2.09 bits per heavy atom. The maximum Gasteiger partial charge on any atom is 0.173 e. The monoisotopic (exact) mass is 305 g/mol. The van der Waals surface area contributed by atoms with Gasteiger partial charge in [-0.25, -0.2) is 0 Å². The zero-order valence-corrected chi connectivity index (χ0v) is 13.5. The van der Waals surface area contributed by atoms with Gasteiger partial charge >= 0.3 is 0 Å². The van der Waals surface area contributed by atoms with E-state index in [0.29, 0.717) is 13.2 Å². The molecule has 3 unspecified atom stereocenters. The smallest absolute Gasteiger partial charge is 0.173 e. The molecular formula is C18H27NO3. The van der Waals surface area contributed by atoms with Crippen LogP contribution in [0.3, 0.4) is 0 Å². The van der Waals surface area contributed by atoms with Crippen molar-refractivity contribution in [3.63, 3.8) is 0 Å². The summed E-state index contributed by atoms with van der Waals surface area (Å²) in [5, 5.41) is 19.0. The molecule has 0 aromatic heterocycles. The van der Waals surface area contributed by atoms with Crippen LogP contribution in [-0.2, 0) is 9.47 Å². The molecule has 4 heteroatoms. The van der Waals surface area contributed by atoms with Crippen molar-refractivity contribution in [2.45, 2.75) is 51.2 Å². The average Bonchev–Trinajstić information content (AvgIpc) is 3.13. The van der Waals surface area contributed by atoms with Gasteiger partial charge in [-0.3, -0.25) is 0 Å². The molecule has 0 aromatic rings. The normalized spacial score (nSPS) is 37.7. The Morgan fingerprint density at radius 3 is 2.73 bits per heavy atom. The lowest BCUT2D eigenvalue weighted by Gasteiger charge is -2.47. The van der Waals surface area contributed by atoms with Gasteiger partial charge in [0.25, 0.3) is 0 Å². The molecule has 2 aliphatic carbocycles. The van der Waals surface area contributed by atoms with Gasteiger partial charge in [-0.05, 0) is 42.6 Å². The predicted molar refractivity (Wildman–Crippen MR) is 82.8 cm³/mol. The van der Waals surface area contributed by atoms with Crippen molar-refractivity contribution in [2.75, 3.05) is 19.8 Å². The van der Waals surface area contributed by atoms with Crippen LogP contribution in [0.15, 0.2) is 12.2 Å². The number of ether oxygens (including phenoxy) is 2. The summed E-state index contributed by atoms with van der Waals surface area (Å²) in [7, 11) is 0. The number of hydrogen-bond acceptors (Lipinski definition) is 4. The number of nitriles is 1. The third-order valence-corrected chi connectivity index (χ3v) is 6.25. The molecule has 4 atom stereocenters. The van der Waals surface area contributed by atoms with E-state index in [1.54, 1.807) is 0 Å². The molecule has 4 nitrogen and oxygen atoms in total. The molecule has 1 saturated heterocycles. The van der Waals surface area contributed by atoms with E-state index < -0.39 is 5.79 Å². The maximum atomic E-state index is 9.67. The largest absolute Gasteiger partial charge is 0.392 e. The van der Waals surface area contributed by atoms with E-state index in [4.69, 9.17) is 9.47 Å². The number of fused-ring (bicyclic) bond motifs is 2. The second-order valence-electron chi connectivity index (χ2n) is 7.40.